The lowest BCUT2D eigenvalue weighted by molar-refractivity contribution is 0.102. The molecular weight excluding hydrogens is 397 g/mol. The van der Waals surface area contributed by atoms with Gasteiger partial charge in [-0.3, -0.25) is 14.8 Å². The second kappa shape index (κ2) is 9.87. The summed E-state index contributed by atoms with van der Waals surface area (Å²) in [4.78, 5) is 19.2. The summed E-state index contributed by atoms with van der Waals surface area (Å²) in [5, 5.41) is 9.30. The summed E-state index contributed by atoms with van der Waals surface area (Å²) in [6.45, 7) is 3.73. The number of ether oxygens (including phenoxy) is 1. The molecule has 0 saturated carbocycles. The zero-order valence-electron chi connectivity index (χ0n) is 16.9. The lowest BCUT2D eigenvalue weighted by Crippen LogP contribution is -2.25. The van der Waals surface area contributed by atoms with Crippen LogP contribution in [-0.2, 0) is 0 Å². The van der Waals surface area contributed by atoms with Gasteiger partial charge >= 0.3 is 0 Å². The number of nitrogens with zero attached hydrogens (tertiary/aromatic N) is 3. The number of H-pyrrole nitrogens is 1. The van der Waals surface area contributed by atoms with E-state index in [0.717, 1.165) is 19.6 Å². The number of likely N-dealkylation sites (tertiary alicyclic amines) is 1. The van der Waals surface area contributed by atoms with Crippen molar-refractivity contribution < 1.29 is 13.9 Å². The van der Waals surface area contributed by atoms with Gasteiger partial charge in [0.05, 0.1) is 23.6 Å². The molecule has 0 radical (unpaired) electrons. The van der Waals surface area contributed by atoms with Crippen molar-refractivity contribution in [2.24, 2.45) is 0 Å². The maximum atomic E-state index is 13.3. The van der Waals surface area contributed by atoms with E-state index >= 15 is 0 Å². The first-order valence-corrected chi connectivity index (χ1v) is 10.1. The molecule has 1 amide bonds. The molecule has 0 spiro atoms. The molecule has 2 aromatic heterocycles. The summed E-state index contributed by atoms with van der Waals surface area (Å²) >= 11 is 0. The Balaban J connectivity index is 1.34. The van der Waals surface area contributed by atoms with Crippen LogP contribution in [0.5, 0.6) is 5.88 Å². The van der Waals surface area contributed by atoms with E-state index in [1.54, 1.807) is 24.3 Å². The van der Waals surface area contributed by atoms with Gasteiger partial charge in [0.2, 0.25) is 5.88 Å². The number of pyridine rings is 1. The topological polar surface area (TPSA) is 83.1 Å². The fourth-order valence-electron chi connectivity index (χ4n) is 3.28. The number of benzene rings is 1. The van der Waals surface area contributed by atoms with Crippen LogP contribution >= 0.6 is 0 Å². The second-order valence-corrected chi connectivity index (χ2v) is 7.16. The number of hydrogen-bond acceptors (Lipinski definition) is 5. The van der Waals surface area contributed by atoms with Crippen molar-refractivity contribution >= 4 is 11.6 Å². The molecule has 1 aliphatic heterocycles. The minimum Gasteiger partial charge on any atom is -0.476 e. The van der Waals surface area contributed by atoms with Crippen LogP contribution < -0.4 is 10.1 Å². The van der Waals surface area contributed by atoms with E-state index < -0.39 is 5.91 Å². The predicted molar refractivity (Wildman–Crippen MR) is 114 cm³/mol. The van der Waals surface area contributed by atoms with Crippen molar-refractivity contribution in [1.29, 1.82) is 0 Å². The Bertz CT molecular complexity index is 1090. The first-order valence-electron chi connectivity index (χ1n) is 10.1. The van der Waals surface area contributed by atoms with Crippen LogP contribution in [0.15, 0.2) is 48.8 Å². The van der Waals surface area contributed by atoms with Crippen LogP contribution in [-0.4, -0.2) is 52.2 Å². The highest BCUT2D eigenvalue weighted by Crippen LogP contribution is 2.14. The summed E-state index contributed by atoms with van der Waals surface area (Å²) in [6.07, 6.45) is 5.50. The zero-order chi connectivity index (χ0) is 21.5. The molecule has 2 N–H and O–H groups in total. The molecule has 7 nitrogen and oxygen atoms in total. The van der Waals surface area contributed by atoms with Crippen molar-refractivity contribution in [3.63, 3.8) is 0 Å². The van der Waals surface area contributed by atoms with E-state index in [0.29, 0.717) is 29.3 Å². The highest BCUT2D eigenvalue weighted by Gasteiger charge is 2.14. The molecule has 1 aliphatic rings. The van der Waals surface area contributed by atoms with Crippen molar-refractivity contribution in [3.8, 4) is 17.7 Å². The van der Waals surface area contributed by atoms with Crippen LogP contribution in [0, 0.1) is 17.7 Å². The predicted octanol–water partition coefficient (Wildman–Crippen LogP) is 3.07. The highest BCUT2D eigenvalue weighted by atomic mass is 19.1. The first-order chi connectivity index (χ1) is 15.2. The smallest absolute Gasteiger partial charge is 0.275 e. The van der Waals surface area contributed by atoms with Gasteiger partial charge in [-0.2, -0.15) is 5.10 Å². The lowest BCUT2D eigenvalue weighted by atomic mass is 10.2. The molecule has 0 bridgehead atoms. The quantitative estimate of drug-likeness (QED) is 0.600. The third-order valence-electron chi connectivity index (χ3n) is 4.88. The van der Waals surface area contributed by atoms with Gasteiger partial charge in [0.1, 0.15) is 18.1 Å². The van der Waals surface area contributed by atoms with Gasteiger partial charge < -0.3 is 10.1 Å². The van der Waals surface area contributed by atoms with Gasteiger partial charge in [-0.25, -0.2) is 9.37 Å². The van der Waals surface area contributed by atoms with Crippen LogP contribution in [0.2, 0.25) is 0 Å². The molecule has 1 aromatic carbocycles. The molecule has 31 heavy (non-hydrogen) atoms. The Morgan fingerprint density at radius 2 is 2.06 bits per heavy atom. The number of hydrogen-bond donors (Lipinski definition) is 2. The number of carbonyl (C=O) groups excluding carboxylic acids is 1. The number of aromatic amines is 1. The summed E-state index contributed by atoms with van der Waals surface area (Å²) in [6, 6.07) is 9.39. The second-order valence-electron chi connectivity index (χ2n) is 7.16. The first kappa shape index (κ1) is 20.6. The minimum atomic E-state index is -0.398. The monoisotopic (exact) mass is 419 g/mol. The Labute approximate surface area is 179 Å². The van der Waals surface area contributed by atoms with Crippen molar-refractivity contribution in [1.82, 2.24) is 20.1 Å². The summed E-state index contributed by atoms with van der Waals surface area (Å²) in [7, 11) is 0. The van der Waals surface area contributed by atoms with Gasteiger partial charge in [0.25, 0.3) is 5.91 Å². The molecular formula is C23H22FN5O2. The van der Waals surface area contributed by atoms with E-state index in [1.165, 1.54) is 37.4 Å². The van der Waals surface area contributed by atoms with Gasteiger partial charge in [-0.05, 0) is 50.2 Å². The van der Waals surface area contributed by atoms with Crippen LogP contribution in [0.1, 0.15) is 34.5 Å². The summed E-state index contributed by atoms with van der Waals surface area (Å²) in [5.74, 6) is 5.43. The molecule has 0 unspecified atom stereocenters. The van der Waals surface area contributed by atoms with Crippen LogP contribution in [0.4, 0.5) is 10.1 Å². The third-order valence-corrected chi connectivity index (χ3v) is 4.88. The maximum Gasteiger partial charge on any atom is 0.275 e. The number of anilines is 1. The number of carbonyl (C=O) groups is 1. The highest BCUT2D eigenvalue weighted by molar-refractivity contribution is 6.04. The Morgan fingerprint density at radius 1 is 1.19 bits per heavy atom. The molecule has 8 heteroatoms. The molecule has 3 heterocycles. The number of rotatable bonds is 6. The molecule has 1 saturated heterocycles. The summed E-state index contributed by atoms with van der Waals surface area (Å²) in [5.41, 5.74) is 1.67. The molecule has 3 aromatic rings. The number of nitrogens with one attached hydrogen (secondary N) is 2. The van der Waals surface area contributed by atoms with Crippen LogP contribution in [0.25, 0.3) is 0 Å². The summed E-state index contributed by atoms with van der Waals surface area (Å²) < 4.78 is 19.0. The van der Waals surface area contributed by atoms with E-state index in [9.17, 15) is 9.18 Å². The Kier molecular flexibility index (Phi) is 6.55. The van der Waals surface area contributed by atoms with E-state index in [-0.39, 0.29) is 11.5 Å². The SMILES string of the molecule is O=C(Nc1ccc(OCCN2CCCC2)nc1)c1[nH]ncc1C#Cc1cccc(F)c1. The van der Waals surface area contributed by atoms with Crippen LogP contribution in [0.3, 0.4) is 0 Å². The lowest BCUT2D eigenvalue weighted by Gasteiger charge is -2.14. The fourth-order valence-corrected chi connectivity index (χ4v) is 3.28. The van der Waals surface area contributed by atoms with Crippen molar-refractivity contribution in [2.75, 3.05) is 31.6 Å². The normalized spacial score (nSPS) is 13.5. The third kappa shape index (κ3) is 5.68. The zero-order valence-corrected chi connectivity index (χ0v) is 16.9. The van der Waals surface area contributed by atoms with Gasteiger partial charge in [-0.15, -0.1) is 0 Å². The number of amides is 1. The van der Waals surface area contributed by atoms with Gasteiger partial charge in [0.15, 0.2) is 0 Å². The van der Waals surface area contributed by atoms with E-state index in [1.807, 2.05) is 0 Å². The fraction of sp³-hybridized carbons (Fsp3) is 0.261. The molecule has 158 valence electrons. The number of halogens is 1. The molecule has 0 atom stereocenters. The van der Waals surface area contributed by atoms with Crippen molar-refractivity contribution in [2.45, 2.75) is 12.8 Å². The van der Waals surface area contributed by atoms with Gasteiger partial charge in [-0.1, -0.05) is 17.9 Å². The molecule has 0 aliphatic carbocycles. The molecule has 4 rings (SSSR count). The maximum absolute atomic E-state index is 13.3. The molecule has 1 fully saturated rings. The Hall–Kier alpha value is -3.70. The number of aromatic nitrogens is 3. The Morgan fingerprint density at radius 3 is 2.84 bits per heavy atom. The largest absolute Gasteiger partial charge is 0.476 e. The average molecular weight is 419 g/mol. The van der Waals surface area contributed by atoms with Gasteiger partial charge in [0, 0.05) is 18.2 Å². The van der Waals surface area contributed by atoms with Crippen molar-refractivity contribution in [3.05, 3.63) is 71.4 Å². The van der Waals surface area contributed by atoms with E-state index in [4.69, 9.17) is 4.74 Å². The minimum absolute atomic E-state index is 0.217. The average Bonchev–Trinajstić information content (AvgIpc) is 3.46. The standard InChI is InChI=1S/C23H22FN5O2/c24-19-5-3-4-17(14-19)6-7-18-15-26-28-22(18)23(30)27-20-8-9-21(25-16-20)31-13-12-29-10-1-2-11-29/h3-5,8-9,14-16H,1-2,10-13H2,(H,26,28)(H,27,30). The van der Waals surface area contributed by atoms with E-state index in [2.05, 4.69) is 37.2 Å².